The fourth-order valence-electron chi connectivity index (χ4n) is 3.97. The smallest absolute Gasteiger partial charge is 0.303 e. The molecule has 9 heteroatoms. The summed E-state index contributed by atoms with van der Waals surface area (Å²) in [6.07, 6.45) is 1.37. The number of benzene rings is 1. The van der Waals surface area contributed by atoms with Crippen LogP contribution in [-0.2, 0) is 19.8 Å². The Morgan fingerprint density at radius 2 is 1.81 bits per heavy atom. The third-order valence-corrected chi connectivity index (χ3v) is 5.72. The minimum absolute atomic E-state index is 0.0212. The van der Waals surface area contributed by atoms with Gasteiger partial charge in [0.25, 0.3) is 0 Å². The van der Waals surface area contributed by atoms with Crippen molar-refractivity contribution in [2.45, 2.75) is 46.0 Å². The van der Waals surface area contributed by atoms with Crippen LogP contribution in [0.3, 0.4) is 0 Å². The maximum absolute atomic E-state index is 13.5. The number of fused-ring (bicyclic) bond motifs is 3. The van der Waals surface area contributed by atoms with Gasteiger partial charge in [-0.2, -0.15) is 0 Å². The lowest BCUT2D eigenvalue weighted by molar-refractivity contribution is -0.137. The number of hydrogen-bond donors (Lipinski definition) is 4. The Morgan fingerprint density at radius 1 is 1.16 bits per heavy atom. The van der Waals surface area contributed by atoms with Gasteiger partial charge in [-0.25, -0.2) is 0 Å². The molecule has 0 bridgehead atoms. The number of carboxylic acid groups (broad SMARTS) is 1. The van der Waals surface area contributed by atoms with Crippen molar-refractivity contribution >= 4 is 23.3 Å². The van der Waals surface area contributed by atoms with E-state index in [9.17, 15) is 29.4 Å². The van der Waals surface area contributed by atoms with Gasteiger partial charge in [0.2, 0.25) is 0 Å². The van der Waals surface area contributed by atoms with E-state index in [4.69, 9.17) is 9.84 Å². The van der Waals surface area contributed by atoms with Crippen LogP contribution >= 0.6 is 0 Å². The summed E-state index contributed by atoms with van der Waals surface area (Å²) in [6, 6.07) is 0. The van der Waals surface area contributed by atoms with E-state index >= 15 is 0 Å². The van der Waals surface area contributed by atoms with Crippen molar-refractivity contribution in [3.05, 3.63) is 39.8 Å². The molecule has 1 aromatic rings. The van der Waals surface area contributed by atoms with Crippen LogP contribution in [0, 0.1) is 6.92 Å². The summed E-state index contributed by atoms with van der Waals surface area (Å²) in [4.78, 5) is 49.0. The molecule has 4 N–H and O–H groups in total. The van der Waals surface area contributed by atoms with Gasteiger partial charge in [-0.05, 0) is 34.1 Å². The summed E-state index contributed by atoms with van der Waals surface area (Å²) in [6.45, 7) is 5.89. The van der Waals surface area contributed by atoms with E-state index in [1.807, 2.05) is 0 Å². The molecule has 0 spiro atoms. The number of aliphatic carboxylic acids is 1. The molecule has 9 nitrogen and oxygen atoms in total. The van der Waals surface area contributed by atoms with E-state index in [0.717, 1.165) is 6.08 Å². The molecule has 1 aromatic carbocycles. The molecule has 164 valence electrons. The highest BCUT2D eigenvalue weighted by molar-refractivity contribution is 6.31. The van der Waals surface area contributed by atoms with Gasteiger partial charge in [-0.15, -0.1) is 0 Å². The molecular formula is C22H23NO8. The van der Waals surface area contributed by atoms with Gasteiger partial charge in [0, 0.05) is 30.3 Å². The number of carbonyl (C=O) groups is 4. The molecule has 1 heterocycles. The van der Waals surface area contributed by atoms with E-state index in [1.165, 1.54) is 27.7 Å². The largest absolute Gasteiger partial charge is 0.507 e. The standard InChI is InChI=1S/C22H23NO8/c1-9-18(28)16(11(3)24)20-17(19(9)29)22(4)13(31-20)8-12(25)15(21(22)30)10(2)23-7-5-6-14(26)27/h8,23,28-29H,5-7H2,1-4H3,(H,26,27)/b15-10+/t22-/m1/s1. The van der Waals surface area contributed by atoms with Crippen molar-refractivity contribution in [2.24, 2.45) is 0 Å². The maximum atomic E-state index is 13.5. The van der Waals surface area contributed by atoms with Crippen LogP contribution in [0.4, 0.5) is 0 Å². The topological polar surface area (TPSA) is 150 Å². The van der Waals surface area contributed by atoms with Crippen molar-refractivity contribution in [2.75, 3.05) is 6.54 Å². The number of ketones is 3. The first-order valence-electron chi connectivity index (χ1n) is 9.68. The summed E-state index contributed by atoms with van der Waals surface area (Å²) in [5.41, 5.74) is -1.58. The molecule has 0 saturated heterocycles. The molecule has 0 aromatic heterocycles. The average molecular weight is 429 g/mol. The highest BCUT2D eigenvalue weighted by Gasteiger charge is 2.56. The Labute approximate surface area is 178 Å². The molecule has 31 heavy (non-hydrogen) atoms. The molecule has 3 rings (SSSR count). The summed E-state index contributed by atoms with van der Waals surface area (Å²) >= 11 is 0. The molecule has 1 aliphatic carbocycles. The fourth-order valence-corrected chi connectivity index (χ4v) is 3.97. The molecule has 1 atom stereocenters. The monoisotopic (exact) mass is 429 g/mol. The average Bonchev–Trinajstić information content (AvgIpc) is 2.96. The molecular weight excluding hydrogens is 406 g/mol. The minimum atomic E-state index is -1.57. The Balaban J connectivity index is 2.13. The normalized spacial score (nSPS) is 21.1. The van der Waals surface area contributed by atoms with Gasteiger partial charge in [0.15, 0.2) is 17.3 Å². The number of ether oxygens (including phenoxy) is 1. The molecule has 0 radical (unpaired) electrons. The number of Topliss-reactive ketones (excluding diaryl/α,β-unsaturated/α-hetero) is 2. The van der Waals surface area contributed by atoms with Gasteiger partial charge in [-0.1, -0.05) is 0 Å². The number of allylic oxidation sites excluding steroid dienone is 4. The first-order valence-corrected chi connectivity index (χ1v) is 9.68. The second-order valence-corrected chi connectivity index (χ2v) is 7.81. The van der Waals surface area contributed by atoms with E-state index < -0.39 is 40.2 Å². The van der Waals surface area contributed by atoms with Crippen LogP contribution in [0.1, 0.15) is 55.1 Å². The molecule has 0 fully saturated rings. The fraction of sp³-hybridized carbons (Fsp3) is 0.364. The molecule has 0 amide bonds. The van der Waals surface area contributed by atoms with E-state index in [-0.39, 0.29) is 52.4 Å². The first kappa shape index (κ1) is 22.1. The van der Waals surface area contributed by atoms with E-state index in [2.05, 4.69) is 5.32 Å². The first-order chi connectivity index (χ1) is 14.4. The number of hydrogen-bond acceptors (Lipinski definition) is 8. The van der Waals surface area contributed by atoms with E-state index in [1.54, 1.807) is 0 Å². The zero-order valence-corrected chi connectivity index (χ0v) is 17.6. The third kappa shape index (κ3) is 3.26. The predicted octanol–water partition coefficient (Wildman–Crippen LogP) is 2.02. The van der Waals surface area contributed by atoms with Crippen molar-refractivity contribution in [1.82, 2.24) is 5.32 Å². The number of phenols is 2. The Kier molecular flexibility index (Phi) is 5.39. The lowest BCUT2D eigenvalue weighted by atomic mass is 9.70. The Morgan fingerprint density at radius 3 is 2.39 bits per heavy atom. The molecule has 0 unspecified atom stereocenters. The lowest BCUT2D eigenvalue weighted by Gasteiger charge is -2.29. The van der Waals surface area contributed by atoms with Gasteiger partial charge >= 0.3 is 5.97 Å². The van der Waals surface area contributed by atoms with Crippen molar-refractivity contribution in [3.8, 4) is 17.2 Å². The van der Waals surface area contributed by atoms with Crippen molar-refractivity contribution in [3.63, 3.8) is 0 Å². The SMILES string of the molecule is CC(=O)c1c(O)c(C)c(O)c2c1OC1=CC(=O)/C(=C(/C)NCCCC(=O)O)C(=O)[C@]12C. The van der Waals surface area contributed by atoms with Crippen molar-refractivity contribution in [1.29, 1.82) is 0 Å². The van der Waals surface area contributed by atoms with Crippen LogP contribution in [0.15, 0.2) is 23.1 Å². The number of carbonyl (C=O) groups excluding carboxylic acids is 3. The number of phenolic OH excluding ortho intramolecular Hbond substituents is 2. The third-order valence-electron chi connectivity index (χ3n) is 5.72. The highest BCUT2D eigenvalue weighted by Crippen LogP contribution is 2.57. The second kappa shape index (κ2) is 7.57. The number of aromatic hydroxyl groups is 2. The van der Waals surface area contributed by atoms with Gasteiger partial charge < -0.3 is 25.4 Å². The second-order valence-electron chi connectivity index (χ2n) is 7.81. The number of rotatable bonds is 6. The van der Waals surface area contributed by atoms with E-state index in [0.29, 0.717) is 6.42 Å². The van der Waals surface area contributed by atoms with Crippen LogP contribution in [0.5, 0.6) is 17.2 Å². The van der Waals surface area contributed by atoms with Gasteiger partial charge in [-0.3, -0.25) is 19.2 Å². The zero-order valence-electron chi connectivity index (χ0n) is 17.6. The van der Waals surface area contributed by atoms with Crippen LogP contribution in [-0.4, -0.2) is 45.2 Å². The van der Waals surface area contributed by atoms with Gasteiger partial charge in [0.1, 0.15) is 34.0 Å². The maximum Gasteiger partial charge on any atom is 0.303 e. The molecule has 2 aliphatic rings. The highest BCUT2D eigenvalue weighted by atomic mass is 16.5. The van der Waals surface area contributed by atoms with Crippen molar-refractivity contribution < 1.29 is 39.2 Å². The summed E-state index contributed by atoms with van der Waals surface area (Å²) < 4.78 is 5.69. The number of nitrogens with one attached hydrogen (secondary N) is 1. The summed E-state index contributed by atoms with van der Waals surface area (Å²) in [5, 5.41) is 32.7. The van der Waals surface area contributed by atoms with Crippen LogP contribution < -0.4 is 10.1 Å². The predicted molar refractivity (Wildman–Crippen MR) is 108 cm³/mol. The minimum Gasteiger partial charge on any atom is -0.507 e. The number of carboxylic acids is 1. The van der Waals surface area contributed by atoms with Crippen LogP contribution in [0.2, 0.25) is 0 Å². The Hall–Kier alpha value is -3.62. The quantitative estimate of drug-likeness (QED) is 0.230. The Bertz CT molecular complexity index is 1110. The summed E-state index contributed by atoms with van der Waals surface area (Å²) in [5.74, 6) is -3.74. The zero-order chi connectivity index (χ0) is 23.2. The summed E-state index contributed by atoms with van der Waals surface area (Å²) in [7, 11) is 0. The molecule has 1 aliphatic heterocycles. The van der Waals surface area contributed by atoms with Gasteiger partial charge in [0.05, 0.1) is 11.1 Å². The molecule has 0 saturated carbocycles. The lowest BCUT2D eigenvalue weighted by Crippen LogP contribution is -2.41. The van der Waals surface area contributed by atoms with Crippen LogP contribution in [0.25, 0.3) is 0 Å².